The number of methoxy groups -OCH3 is 1. The molecule has 0 bridgehead atoms. The summed E-state index contributed by atoms with van der Waals surface area (Å²) in [6.45, 7) is 3.97. The Hall–Kier alpha value is -2.89. The van der Waals surface area contributed by atoms with Gasteiger partial charge in [0, 0.05) is 17.9 Å². The number of aromatic nitrogens is 1. The second kappa shape index (κ2) is 8.10. The van der Waals surface area contributed by atoms with Crippen molar-refractivity contribution in [3.63, 3.8) is 0 Å². The van der Waals surface area contributed by atoms with Crippen molar-refractivity contribution in [2.45, 2.75) is 26.3 Å². The Morgan fingerprint density at radius 3 is 2.33 bits per heavy atom. The molecule has 0 saturated heterocycles. The lowest BCUT2D eigenvalue weighted by Gasteiger charge is -2.11. The minimum Gasteiger partial charge on any atom is -0.465 e. The highest BCUT2D eigenvalue weighted by Gasteiger charge is 2.09. The van der Waals surface area contributed by atoms with Gasteiger partial charge >= 0.3 is 5.97 Å². The van der Waals surface area contributed by atoms with Crippen molar-refractivity contribution < 1.29 is 14.3 Å². The molecule has 1 aromatic carbocycles. The van der Waals surface area contributed by atoms with Crippen LogP contribution in [0.3, 0.4) is 0 Å². The van der Waals surface area contributed by atoms with Gasteiger partial charge in [0.2, 0.25) is 0 Å². The van der Waals surface area contributed by atoms with Gasteiger partial charge in [0.1, 0.15) is 5.82 Å². The van der Waals surface area contributed by atoms with Gasteiger partial charge in [-0.25, -0.2) is 9.78 Å². The molecule has 0 saturated carbocycles. The Kier molecular flexibility index (Phi) is 5.89. The molecule has 1 heterocycles. The molecule has 0 aliphatic rings. The van der Waals surface area contributed by atoms with E-state index in [1.807, 2.05) is 13.8 Å². The number of nitrogens with zero attached hydrogens (tertiary/aromatic N) is 1. The van der Waals surface area contributed by atoms with Crippen LogP contribution in [0.4, 0.5) is 11.5 Å². The Balaban J connectivity index is 2.01. The van der Waals surface area contributed by atoms with E-state index in [9.17, 15) is 9.59 Å². The molecule has 24 heavy (non-hydrogen) atoms. The summed E-state index contributed by atoms with van der Waals surface area (Å²) in [6, 6.07) is 10.4. The summed E-state index contributed by atoms with van der Waals surface area (Å²) in [5.74, 6) is 0.100. The average molecular weight is 327 g/mol. The summed E-state index contributed by atoms with van der Waals surface area (Å²) in [7, 11) is 1.34. The van der Waals surface area contributed by atoms with Gasteiger partial charge in [-0.3, -0.25) is 4.79 Å². The van der Waals surface area contributed by atoms with E-state index in [4.69, 9.17) is 0 Å². The molecule has 0 radical (unpaired) electrons. The van der Waals surface area contributed by atoms with Gasteiger partial charge < -0.3 is 15.4 Å². The number of nitrogens with one attached hydrogen (secondary N) is 2. The lowest BCUT2D eigenvalue weighted by Crippen LogP contribution is -2.31. The average Bonchev–Trinajstić information content (AvgIpc) is 2.62. The minimum atomic E-state index is -0.378. The summed E-state index contributed by atoms with van der Waals surface area (Å²) in [5, 5.41) is 6.01. The number of rotatable bonds is 6. The van der Waals surface area contributed by atoms with Gasteiger partial charge in [-0.2, -0.15) is 0 Å². The zero-order valence-electron chi connectivity index (χ0n) is 14.0. The fourth-order valence-corrected chi connectivity index (χ4v) is 1.97. The van der Waals surface area contributed by atoms with Crippen LogP contribution in [0.1, 0.15) is 41.0 Å². The number of benzene rings is 1. The van der Waals surface area contributed by atoms with Crippen molar-refractivity contribution in [1.82, 2.24) is 10.3 Å². The molecule has 1 atom stereocenters. The fraction of sp³-hybridized carbons (Fsp3) is 0.278. The number of hydrogen-bond acceptors (Lipinski definition) is 5. The largest absolute Gasteiger partial charge is 0.465 e. The van der Waals surface area contributed by atoms with E-state index in [2.05, 4.69) is 20.4 Å². The smallest absolute Gasteiger partial charge is 0.337 e. The number of esters is 1. The van der Waals surface area contributed by atoms with Gasteiger partial charge in [-0.15, -0.1) is 0 Å². The molecule has 2 aromatic rings. The van der Waals surface area contributed by atoms with Crippen molar-refractivity contribution in [3.05, 3.63) is 53.7 Å². The zero-order chi connectivity index (χ0) is 17.5. The summed E-state index contributed by atoms with van der Waals surface area (Å²) >= 11 is 0. The third-order valence-corrected chi connectivity index (χ3v) is 3.59. The van der Waals surface area contributed by atoms with Crippen molar-refractivity contribution in [2.24, 2.45) is 0 Å². The number of carbonyl (C=O) groups is 2. The van der Waals surface area contributed by atoms with Crippen LogP contribution in [-0.2, 0) is 4.74 Å². The molecule has 2 rings (SSSR count). The first-order valence-electron chi connectivity index (χ1n) is 7.75. The standard InChI is InChI=1S/C18H21N3O3/c1-4-12(2)20-17(22)14-7-10-16(19-11-14)21-15-8-5-13(6-9-15)18(23)24-3/h5-12H,4H2,1-3H3,(H,19,21)(H,20,22). The van der Waals surface area contributed by atoms with Crippen LogP contribution in [0.5, 0.6) is 0 Å². The normalized spacial score (nSPS) is 11.5. The number of ether oxygens (including phenoxy) is 1. The Morgan fingerprint density at radius 2 is 1.79 bits per heavy atom. The quantitative estimate of drug-likeness (QED) is 0.797. The summed E-state index contributed by atoms with van der Waals surface area (Å²) in [5.41, 5.74) is 1.78. The molecule has 0 spiro atoms. The van der Waals surface area contributed by atoms with Crippen LogP contribution in [-0.4, -0.2) is 30.0 Å². The predicted octanol–water partition coefficient (Wildman–Crippen LogP) is 3.14. The molecule has 0 aliphatic carbocycles. The Bertz CT molecular complexity index is 696. The number of hydrogen-bond donors (Lipinski definition) is 2. The topological polar surface area (TPSA) is 80.3 Å². The van der Waals surface area contributed by atoms with Crippen LogP contribution < -0.4 is 10.6 Å². The monoisotopic (exact) mass is 327 g/mol. The molecule has 1 aromatic heterocycles. The lowest BCUT2D eigenvalue weighted by atomic mass is 10.2. The van der Waals surface area contributed by atoms with Crippen LogP contribution in [0.25, 0.3) is 0 Å². The summed E-state index contributed by atoms with van der Waals surface area (Å²) < 4.78 is 4.66. The van der Waals surface area contributed by atoms with Crippen LogP contribution >= 0.6 is 0 Å². The summed E-state index contributed by atoms with van der Waals surface area (Å²) in [6.07, 6.45) is 2.41. The van der Waals surface area contributed by atoms with Crippen molar-refractivity contribution >= 4 is 23.4 Å². The van der Waals surface area contributed by atoms with Crippen molar-refractivity contribution in [2.75, 3.05) is 12.4 Å². The third kappa shape index (κ3) is 4.55. The highest BCUT2D eigenvalue weighted by Crippen LogP contribution is 2.16. The van der Waals surface area contributed by atoms with Gasteiger partial charge in [-0.1, -0.05) is 6.92 Å². The number of amides is 1. The Labute approximate surface area is 141 Å². The second-order valence-corrected chi connectivity index (χ2v) is 5.41. The minimum absolute atomic E-state index is 0.128. The number of anilines is 2. The van der Waals surface area contributed by atoms with E-state index in [1.165, 1.54) is 13.3 Å². The maximum Gasteiger partial charge on any atom is 0.337 e. The highest BCUT2D eigenvalue weighted by atomic mass is 16.5. The van der Waals surface area contributed by atoms with Crippen LogP contribution in [0.15, 0.2) is 42.6 Å². The molecule has 1 amide bonds. The zero-order valence-corrected chi connectivity index (χ0v) is 14.0. The molecular formula is C18H21N3O3. The molecule has 0 fully saturated rings. The predicted molar refractivity (Wildman–Crippen MR) is 92.5 cm³/mol. The number of carbonyl (C=O) groups excluding carboxylic acids is 2. The SMILES string of the molecule is CCC(C)NC(=O)c1ccc(Nc2ccc(C(=O)OC)cc2)nc1. The maximum atomic E-state index is 12.0. The van der Waals surface area contributed by atoms with Gasteiger partial charge in [0.05, 0.1) is 18.2 Å². The van der Waals surface area contributed by atoms with Crippen molar-refractivity contribution in [3.8, 4) is 0 Å². The lowest BCUT2D eigenvalue weighted by molar-refractivity contribution is 0.0600. The molecule has 6 nitrogen and oxygen atoms in total. The maximum absolute atomic E-state index is 12.0. The molecule has 126 valence electrons. The van der Waals surface area contributed by atoms with E-state index in [0.29, 0.717) is 16.9 Å². The van der Waals surface area contributed by atoms with Crippen LogP contribution in [0, 0.1) is 0 Å². The molecule has 1 unspecified atom stereocenters. The van der Waals surface area contributed by atoms with Gasteiger partial charge in [-0.05, 0) is 49.7 Å². The van der Waals surface area contributed by atoms with E-state index >= 15 is 0 Å². The van der Waals surface area contributed by atoms with Gasteiger partial charge in [0.25, 0.3) is 5.91 Å². The van der Waals surface area contributed by atoms with Crippen molar-refractivity contribution in [1.29, 1.82) is 0 Å². The summed E-state index contributed by atoms with van der Waals surface area (Å²) in [4.78, 5) is 27.6. The fourth-order valence-electron chi connectivity index (χ4n) is 1.97. The van der Waals surface area contributed by atoms with E-state index < -0.39 is 0 Å². The Morgan fingerprint density at radius 1 is 1.12 bits per heavy atom. The highest BCUT2D eigenvalue weighted by molar-refractivity contribution is 5.94. The van der Waals surface area contributed by atoms with E-state index in [0.717, 1.165) is 12.1 Å². The second-order valence-electron chi connectivity index (χ2n) is 5.41. The first-order valence-corrected chi connectivity index (χ1v) is 7.75. The number of pyridine rings is 1. The first kappa shape index (κ1) is 17.5. The van der Waals surface area contributed by atoms with E-state index in [-0.39, 0.29) is 17.9 Å². The third-order valence-electron chi connectivity index (χ3n) is 3.59. The molecule has 2 N–H and O–H groups in total. The molecule has 0 aliphatic heterocycles. The van der Waals surface area contributed by atoms with Gasteiger partial charge in [0.15, 0.2) is 0 Å². The molecular weight excluding hydrogens is 306 g/mol. The van der Waals surface area contributed by atoms with E-state index in [1.54, 1.807) is 36.4 Å². The first-order chi connectivity index (χ1) is 11.5. The van der Waals surface area contributed by atoms with Crippen LogP contribution in [0.2, 0.25) is 0 Å². The molecule has 6 heteroatoms.